The standard InChI is InChI=1S/C20H18ClN5O2S/c1-3-26-19(16-10-14(21)6-9-17(16)28-2)24-25-20(26)29-12-18(27)23-15-7-4-13(11-22)5-8-15/h4-10H,3,12H2,1-2H3,(H,23,27). The number of thioether (sulfide) groups is 1. The minimum Gasteiger partial charge on any atom is -0.496 e. The van der Waals surface area contributed by atoms with E-state index in [4.69, 9.17) is 21.6 Å². The monoisotopic (exact) mass is 427 g/mol. The lowest BCUT2D eigenvalue weighted by atomic mass is 10.2. The molecule has 1 N–H and O–H groups in total. The summed E-state index contributed by atoms with van der Waals surface area (Å²) in [6.07, 6.45) is 0. The van der Waals surface area contributed by atoms with Crippen molar-refractivity contribution in [3.63, 3.8) is 0 Å². The van der Waals surface area contributed by atoms with Gasteiger partial charge in [-0.2, -0.15) is 5.26 Å². The van der Waals surface area contributed by atoms with Crippen molar-refractivity contribution in [2.24, 2.45) is 0 Å². The Morgan fingerprint density at radius 3 is 2.69 bits per heavy atom. The number of ether oxygens (including phenoxy) is 1. The second kappa shape index (κ2) is 9.45. The van der Waals surface area contributed by atoms with Crippen LogP contribution < -0.4 is 10.1 Å². The van der Waals surface area contributed by atoms with Gasteiger partial charge in [-0.1, -0.05) is 23.4 Å². The molecule has 1 amide bonds. The Hall–Kier alpha value is -3.02. The van der Waals surface area contributed by atoms with Gasteiger partial charge >= 0.3 is 0 Å². The van der Waals surface area contributed by atoms with Gasteiger partial charge in [0.25, 0.3) is 0 Å². The van der Waals surface area contributed by atoms with E-state index in [0.29, 0.717) is 39.5 Å². The minimum absolute atomic E-state index is 0.171. The number of anilines is 1. The molecule has 0 fully saturated rings. The predicted octanol–water partition coefficient (Wildman–Crippen LogP) is 4.23. The van der Waals surface area contributed by atoms with Gasteiger partial charge in [0.15, 0.2) is 11.0 Å². The number of carbonyl (C=O) groups excluding carboxylic acids is 1. The van der Waals surface area contributed by atoms with E-state index < -0.39 is 0 Å². The number of hydrogen-bond donors (Lipinski definition) is 1. The van der Waals surface area contributed by atoms with Crippen LogP contribution in [-0.4, -0.2) is 33.5 Å². The number of benzene rings is 2. The zero-order valence-electron chi connectivity index (χ0n) is 15.8. The molecule has 0 aliphatic carbocycles. The number of amides is 1. The van der Waals surface area contributed by atoms with E-state index in [1.54, 1.807) is 49.6 Å². The van der Waals surface area contributed by atoms with Crippen LogP contribution in [0.5, 0.6) is 5.75 Å². The summed E-state index contributed by atoms with van der Waals surface area (Å²) in [6.45, 7) is 2.60. The fraction of sp³-hybridized carbons (Fsp3) is 0.200. The molecule has 2 aromatic carbocycles. The molecule has 0 unspecified atom stereocenters. The predicted molar refractivity (Wildman–Crippen MR) is 113 cm³/mol. The number of halogens is 1. The molecule has 0 aliphatic heterocycles. The highest BCUT2D eigenvalue weighted by Gasteiger charge is 2.18. The molecule has 0 bridgehead atoms. The van der Waals surface area contributed by atoms with E-state index in [2.05, 4.69) is 15.5 Å². The summed E-state index contributed by atoms with van der Waals surface area (Å²) in [6, 6.07) is 14.0. The Morgan fingerprint density at radius 1 is 1.28 bits per heavy atom. The van der Waals surface area contributed by atoms with Crippen molar-refractivity contribution in [3.8, 4) is 23.2 Å². The zero-order valence-corrected chi connectivity index (χ0v) is 17.4. The van der Waals surface area contributed by atoms with Crippen LogP contribution in [0.15, 0.2) is 47.6 Å². The highest BCUT2D eigenvalue weighted by atomic mass is 35.5. The Morgan fingerprint density at radius 2 is 2.03 bits per heavy atom. The molecule has 0 saturated heterocycles. The number of nitrogens with one attached hydrogen (secondary N) is 1. The third-order valence-electron chi connectivity index (χ3n) is 4.07. The van der Waals surface area contributed by atoms with Crippen molar-refractivity contribution in [2.45, 2.75) is 18.6 Å². The molecule has 148 valence electrons. The summed E-state index contributed by atoms with van der Waals surface area (Å²) in [5.74, 6) is 1.27. The van der Waals surface area contributed by atoms with Gasteiger partial charge < -0.3 is 14.6 Å². The molecular formula is C20H18ClN5O2S. The van der Waals surface area contributed by atoms with Crippen molar-refractivity contribution in [1.82, 2.24) is 14.8 Å². The van der Waals surface area contributed by atoms with E-state index in [-0.39, 0.29) is 11.7 Å². The topological polar surface area (TPSA) is 92.8 Å². The number of rotatable bonds is 7. The molecule has 3 aromatic rings. The molecule has 1 heterocycles. The van der Waals surface area contributed by atoms with Crippen molar-refractivity contribution in [1.29, 1.82) is 5.26 Å². The molecule has 1 aromatic heterocycles. The van der Waals surface area contributed by atoms with Crippen molar-refractivity contribution >= 4 is 35.0 Å². The van der Waals surface area contributed by atoms with Crippen LogP contribution in [0.1, 0.15) is 12.5 Å². The summed E-state index contributed by atoms with van der Waals surface area (Å²) < 4.78 is 7.32. The smallest absolute Gasteiger partial charge is 0.234 e. The van der Waals surface area contributed by atoms with Crippen LogP contribution in [0.25, 0.3) is 11.4 Å². The summed E-state index contributed by atoms with van der Waals surface area (Å²) in [7, 11) is 1.59. The van der Waals surface area contributed by atoms with Gasteiger partial charge in [0, 0.05) is 17.3 Å². The summed E-state index contributed by atoms with van der Waals surface area (Å²) >= 11 is 7.43. The minimum atomic E-state index is -0.174. The van der Waals surface area contributed by atoms with Gasteiger partial charge in [-0.3, -0.25) is 4.79 Å². The molecule has 0 spiro atoms. The molecule has 0 radical (unpaired) electrons. The van der Waals surface area contributed by atoms with Gasteiger partial charge in [-0.05, 0) is 49.4 Å². The first-order chi connectivity index (χ1) is 14.0. The van der Waals surface area contributed by atoms with Crippen LogP contribution in [0.2, 0.25) is 5.02 Å². The first-order valence-corrected chi connectivity index (χ1v) is 10.1. The van der Waals surface area contributed by atoms with E-state index >= 15 is 0 Å². The van der Waals surface area contributed by atoms with E-state index in [1.165, 1.54) is 11.8 Å². The highest BCUT2D eigenvalue weighted by molar-refractivity contribution is 7.99. The normalized spacial score (nSPS) is 10.4. The summed E-state index contributed by atoms with van der Waals surface area (Å²) in [5.41, 5.74) is 1.91. The molecule has 9 heteroatoms. The maximum absolute atomic E-state index is 12.3. The second-order valence-corrected chi connectivity index (χ2v) is 7.30. The summed E-state index contributed by atoms with van der Waals surface area (Å²) in [4.78, 5) is 12.3. The average Bonchev–Trinajstić information content (AvgIpc) is 3.15. The molecular weight excluding hydrogens is 410 g/mol. The molecule has 0 aliphatic rings. The fourth-order valence-corrected chi connectivity index (χ4v) is 3.66. The number of nitrogens with zero attached hydrogens (tertiary/aromatic N) is 4. The molecule has 7 nitrogen and oxygen atoms in total. The SMILES string of the molecule is CCn1c(SCC(=O)Nc2ccc(C#N)cc2)nnc1-c1cc(Cl)ccc1OC. The number of hydrogen-bond acceptors (Lipinski definition) is 6. The first kappa shape index (κ1) is 20.7. The Kier molecular flexibility index (Phi) is 6.75. The third kappa shape index (κ3) is 4.88. The summed E-state index contributed by atoms with van der Waals surface area (Å²) in [5, 5.41) is 21.3. The van der Waals surface area contributed by atoms with E-state index in [9.17, 15) is 4.79 Å². The van der Waals surface area contributed by atoms with E-state index in [0.717, 1.165) is 5.56 Å². The Bertz CT molecular complexity index is 1060. The number of nitriles is 1. The molecule has 3 rings (SSSR count). The van der Waals surface area contributed by atoms with Crippen molar-refractivity contribution in [2.75, 3.05) is 18.2 Å². The average molecular weight is 428 g/mol. The number of aromatic nitrogens is 3. The van der Waals surface area contributed by atoms with Crippen molar-refractivity contribution in [3.05, 3.63) is 53.1 Å². The van der Waals surface area contributed by atoms with Crippen LogP contribution in [0.3, 0.4) is 0 Å². The third-order valence-corrected chi connectivity index (χ3v) is 5.27. The lowest BCUT2D eigenvalue weighted by molar-refractivity contribution is -0.113. The van der Waals surface area contributed by atoms with Gasteiger partial charge in [0.2, 0.25) is 5.91 Å². The van der Waals surface area contributed by atoms with Gasteiger partial charge in [0.05, 0.1) is 30.1 Å². The van der Waals surface area contributed by atoms with Crippen molar-refractivity contribution < 1.29 is 9.53 Å². The number of carbonyl (C=O) groups is 1. The number of methoxy groups -OCH3 is 1. The Labute approximate surface area is 177 Å². The first-order valence-electron chi connectivity index (χ1n) is 8.75. The van der Waals surface area contributed by atoms with Crippen LogP contribution in [0, 0.1) is 11.3 Å². The lowest BCUT2D eigenvalue weighted by Gasteiger charge is -2.11. The Balaban J connectivity index is 1.73. The fourth-order valence-electron chi connectivity index (χ4n) is 2.69. The lowest BCUT2D eigenvalue weighted by Crippen LogP contribution is -2.14. The molecule has 29 heavy (non-hydrogen) atoms. The van der Waals surface area contributed by atoms with Crippen LogP contribution >= 0.6 is 23.4 Å². The second-order valence-electron chi connectivity index (χ2n) is 5.92. The largest absolute Gasteiger partial charge is 0.496 e. The maximum atomic E-state index is 12.3. The highest BCUT2D eigenvalue weighted by Crippen LogP contribution is 2.33. The maximum Gasteiger partial charge on any atom is 0.234 e. The quantitative estimate of drug-likeness (QED) is 0.567. The van der Waals surface area contributed by atoms with Crippen LogP contribution in [0.4, 0.5) is 5.69 Å². The molecule has 0 saturated carbocycles. The molecule has 0 atom stereocenters. The van der Waals surface area contributed by atoms with Gasteiger partial charge in [-0.25, -0.2) is 0 Å². The zero-order chi connectivity index (χ0) is 20.8. The van der Waals surface area contributed by atoms with Crippen LogP contribution in [-0.2, 0) is 11.3 Å². The van der Waals surface area contributed by atoms with Gasteiger partial charge in [0.1, 0.15) is 5.75 Å². The van der Waals surface area contributed by atoms with Gasteiger partial charge in [-0.15, -0.1) is 10.2 Å². The van der Waals surface area contributed by atoms with E-state index in [1.807, 2.05) is 17.6 Å².